The van der Waals surface area contributed by atoms with Gasteiger partial charge in [0.2, 0.25) is 0 Å². The van der Waals surface area contributed by atoms with Crippen LogP contribution in [0.1, 0.15) is 171 Å². The number of anilines is 3. The summed E-state index contributed by atoms with van der Waals surface area (Å²) >= 11 is 0. The lowest BCUT2D eigenvalue weighted by Crippen LogP contribution is -2.26. The van der Waals surface area contributed by atoms with Gasteiger partial charge in [-0.15, -0.1) is 0 Å². The molecule has 9 rings (SSSR count). The van der Waals surface area contributed by atoms with E-state index in [0.717, 1.165) is 31.4 Å². The van der Waals surface area contributed by atoms with E-state index in [1.807, 2.05) is 0 Å². The van der Waals surface area contributed by atoms with Gasteiger partial charge in [-0.05, 0) is 153 Å². The number of nitrogens with zero attached hydrogens (tertiary/aromatic N) is 1. The van der Waals surface area contributed by atoms with Crippen LogP contribution in [0.15, 0.2) is 182 Å². The summed E-state index contributed by atoms with van der Waals surface area (Å²) in [5, 5.41) is 0. The van der Waals surface area contributed by atoms with Crippen LogP contribution < -0.4 is 4.90 Å². The molecule has 364 valence electrons. The van der Waals surface area contributed by atoms with Crippen LogP contribution in [0, 0.1) is 0 Å². The van der Waals surface area contributed by atoms with Crippen molar-refractivity contribution in [3.8, 4) is 33.4 Å². The zero-order valence-electron chi connectivity index (χ0n) is 44.2. The highest BCUT2D eigenvalue weighted by molar-refractivity contribution is 5.96. The summed E-state index contributed by atoms with van der Waals surface area (Å²) in [6.07, 6.45) is 27.1. The van der Waals surface area contributed by atoms with Crippen LogP contribution in [0.4, 0.5) is 17.1 Å². The SMILES string of the molecule is CC/C=C\C(C)(CC)c1ccc(N(c2ccc(CCCCCCCC)cc2)c2ccc(-c3ccc4c(c3)C3(c5ccccc5-c5ccccc53)c3cc(C(C)(C)/C=C\CCCCCC)ccc3-4)cc2)cc1. The molecule has 7 aromatic carbocycles. The molecule has 2 aliphatic rings. The first-order valence-electron chi connectivity index (χ1n) is 27.6. The van der Waals surface area contributed by atoms with E-state index >= 15 is 0 Å². The van der Waals surface area contributed by atoms with Crippen LogP contribution >= 0.6 is 0 Å². The summed E-state index contributed by atoms with van der Waals surface area (Å²) in [4.78, 5) is 2.44. The lowest BCUT2D eigenvalue weighted by Gasteiger charge is -2.32. The van der Waals surface area contributed by atoms with Crippen LogP contribution in [-0.2, 0) is 22.7 Å². The first kappa shape index (κ1) is 49.8. The molecule has 0 fully saturated rings. The second kappa shape index (κ2) is 22.1. The molecule has 0 radical (unpaired) electrons. The van der Waals surface area contributed by atoms with Gasteiger partial charge in [-0.1, -0.05) is 239 Å². The number of unbranched alkanes of at least 4 members (excludes halogenated alkanes) is 9. The Kier molecular flexibility index (Phi) is 15.5. The smallest absolute Gasteiger partial charge is 0.0725 e. The van der Waals surface area contributed by atoms with Crippen LogP contribution in [-0.4, -0.2) is 0 Å². The minimum absolute atomic E-state index is 0.00112. The van der Waals surface area contributed by atoms with E-state index in [1.165, 1.54) is 148 Å². The lowest BCUT2D eigenvalue weighted by atomic mass is 9.69. The standard InChI is InChI=1S/C70H79N/c1-8-12-15-17-19-21-27-52-32-40-57(41-33-52)71(59-44-37-55(38-45-59)69(7,11-4)49-14-10-3)58-42-34-53(35-43-58)54-36-46-62-63-47-39-56(68(5,6)48-26-20-18-16-13-9-2)51-67(63)70(66(62)50-54)64-30-24-22-28-60(64)61-29-23-25-31-65(61)70/h14,22-26,28-51H,8-13,15-21,27H2,1-7H3/b48-26-,49-14-. The molecule has 71 heavy (non-hydrogen) atoms. The number of fused-ring (bicyclic) bond motifs is 10. The van der Waals surface area contributed by atoms with E-state index in [0.29, 0.717) is 0 Å². The Hall–Kier alpha value is -6.18. The number of aryl methyl sites for hydroxylation is 1. The van der Waals surface area contributed by atoms with Crippen LogP contribution in [0.25, 0.3) is 33.4 Å². The molecule has 1 nitrogen and oxygen atoms in total. The quantitative estimate of drug-likeness (QED) is 0.0483. The van der Waals surface area contributed by atoms with Crippen molar-refractivity contribution in [2.75, 3.05) is 4.90 Å². The predicted octanol–water partition coefficient (Wildman–Crippen LogP) is 20.5. The molecule has 0 heterocycles. The summed E-state index contributed by atoms with van der Waals surface area (Å²) in [7, 11) is 0. The first-order chi connectivity index (χ1) is 34.7. The molecule has 1 heteroatoms. The third kappa shape index (κ3) is 9.92. The molecule has 0 aliphatic heterocycles. The molecule has 0 saturated carbocycles. The van der Waals surface area contributed by atoms with Crippen molar-refractivity contribution in [3.05, 3.63) is 221 Å². The fourth-order valence-electron chi connectivity index (χ4n) is 11.8. The van der Waals surface area contributed by atoms with Gasteiger partial charge in [0.25, 0.3) is 0 Å². The summed E-state index contributed by atoms with van der Waals surface area (Å²) in [5.74, 6) is 0. The normalized spacial score (nSPS) is 14.2. The molecule has 0 bridgehead atoms. The van der Waals surface area contributed by atoms with Crippen LogP contribution in [0.3, 0.4) is 0 Å². The topological polar surface area (TPSA) is 3.24 Å². The molecule has 2 aliphatic carbocycles. The Morgan fingerprint density at radius 1 is 0.437 bits per heavy atom. The Morgan fingerprint density at radius 2 is 0.944 bits per heavy atom. The third-order valence-corrected chi connectivity index (χ3v) is 16.3. The maximum Gasteiger partial charge on any atom is 0.0725 e. The number of hydrogen-bond donors (Lipinski definition) is 0. The van der Waals surface area contributed by atoms with Crippen molar-refractivity contribution in [3.63, 3.8) is 0 Å². The number of benzene rings is 7. The fourth-order valence-corrected chi connectivity index (χ4v) is 11.8. The van der Waals surface area contributed by atoms with Gasteiger partial charge in [0.05, 0.1) is 5.41 Å². The second-order valence-electron chi connectivity index (χ2n) is 21.5. The van der Waals surface area contributed by atoms with Gasteiger partial charge in [0.1, 0.15) is 0 Å². The molecular weight excluding hydrogens is 855 g/mol. The van der Waals surface area contributed by atoms with Crippen LogP contribution in [0.2, 0.25) is 0 Å². The summed E-state index contributed by atoms with van der Waals surface area (Å²) in [6, 6.07) is 61.2. The second-order valence-corrected chi connectivity index (χ2v) is 21.5. The maximum atomic E-state index is 2.57. The molecule has 1 unspecified atom stereocenters. The van der Waals surface area contributed by atoms with E-state index in [9.17, 15) is 0 Å². The van der Waals surface area contributed by atoms with Crippen molar-refractivity contribution < 1.29 is 0 Å². The van der Waals surface area contributed by atoms with Crippen molar-refractivity contribution >= 4 is 17.1 Å². The number of hydrogen-bond acceptors (Lipinski definition) is 1. The van der Waals surface area contributed by atoms with Crippen molar-refractivity contribution in [1.29, 1.82) is 0 Å². The van der Waals surface area contributed by atoms with Crippen molar-refractivity contribution in [2.45, 2.75) is 155 Å². The average molecular weight is 934 g/mol. The van der Waals surface area contributed by atoms with Gasteiger partial charge >= 0.3 is 0 Å². The van der Waals surface area contributed by atoms with Crippen molar-refractivity contribution in [2.24, 2.45) is 0 Å². The monoisotopic (exact) mass is 934 g/mol. The highest BCUT2D eigenvalue weighted by atomic mass is 15.1. The summed E-state index contributed by atoms with van der Waals surface area (Å²) in [6.45, 7) is 16.2. The highest BCUT2D eigenvalue weighted by Crippen LogP contribution is 2.63. The molecule has 7 aromatic rings. The Bertz CT molecular complexity index is 2900. The van der Waals surface area contributed by atoms with Gasteiger partial charge in [-0.25, -0.2) is 0 Å². The minimum Gasteiger partial charge on any atom is -0.311 e. The van der Waals surface area contributed by atoms with Gasteiger partial charge in [0, 0.05) is 27.9 Å². The largest absolute Gasteiger partial charge is 0.311 e. The zero-order valence-corrected chi connectivity index (χ0v) is 44.2. The summed E-state index contributed by atoms with van der Waals surface area (Å²) in [5.41, 5.74) is 20.5. The number of allylic oxidation sites excluding steroid dienone is 4. The minimum atomic E-state index is -0.422. The molecule has 1 spiro atoms. The Balaban J connectivity index is 1.09. The molecule has 1 atom stereocenters. The highest BCUT2D eigenvalue weighted by Gasteiger charge is 2.52. The number of rotatable bonds is 22. The van der Waals surface area contributed by atoms with E-state index in [2.05, 4.69) is 235 Å². The van der Waals surface area contributed by atoms with Crippen molar-refractivity contribution in [1.82, 2.24) is 0 Å². The van der Waals surface area contributed by atoms with Crippen LogP contribution in [0.5, 0.6) is 0 Å². The van der Waals surface area contributed by atoms with Gasteiger partial charge in [-0.3, -0.25) is 0 Å². The average Bonchev–Trinajstić information content (AvgIpc) is 3.87. The van der Waals surface area contributed by atoms with E-state index in [4.69, 9.17) is 0 Å². The summed E-state index contributed by atoms with van der Waals surface area (Å²) < 4.78 is 0. The maximum absolute atomic E-state index is 2.57. The van der Waals surface area contributed by atoms with Gasteiger partial charge in [0.15, 0.2) is 0 Å². The first-order valence-corrected chi connectivity index (χ1v) is 27.6. The fraction of sp³-hybridized carbons (Fsp3) is 0.343. The lowest BCUT2D eigenvalue weighted by molar-refractivity contribution is 0.571. The van der Waals surface area contributed by atoms with E-state index in [1.54, 1.807) is 0 Å². The zero-order chi connectivity index (χ0) is 49.4. The Labute approximate surface area is 428 Å². The predicted molar refractivity (Wildman–Crippen MR) is 308 cm³/mol. The van der Waals surface area contributed by atoms with Gasteiger partial charge < -0.3 is 4.90 Å². The van der Waals surface area contributed by atoms with Gasteiger partial charge in [-0.2, -0.15) is 0 Å². The van der Waals surface area contributed by atoms with E-state index in [-0.39, 0.29) is 10.8 Å². The molecule has 0 N–H and O–H groups in total. The molecule has 0 aromatic heterocycles. The Morgan fingerprint density at radius 3 is 1.56 bits per heavy atom. The molecule has 0 saturated heterocycles. The third-order valence-electron chi connectivity index (χ3n) is 16.3. The van der Waals surface area contributed by atoms with E-state index < -0.39 is 5.41 Å². The molecular formula is C70H79N. The molecule has 0 amide bonds.